The molecule has 3 N–H and O–H groups in total. The van der Waals surface area contributed by atoms with Crippen LogP contribution < -0.4 is 5.32 Å². The molecule has 494 valence electrons. The van der Waals surface area contributed by atoms with E-state index in [2.05, 4.69) is 55.6 Å². The van der Waals surface area contributed by atoms with Crippen LogP contribution >= 0.6 is 0 Å². The van der Waals surface area contributed by atoms with E-state index in [0.717, 1.165) is 51.4 Å². The highest BCUT2D eigenvalue weighted by Crippen LogP contribution is 2.19. The summed E-state index contributed by atoms with van der Waals surface area (Å²) in [5, 5.41) is 23.2. The van der Waals surface area contributed by atoms with Gasteiger partial charge in [0.05, 0.1) is 25.4 Å². The molecular weight excluding hydrogens is 1030 g/mol. The van der Waals surface area contributed by atoms with Gasteiger partial charge in [-0.3, -0.25) is 9.59 Å². The topological polar surface area (TPSA) is 95.9 Å². The van der Waals surface area contributed by atoms with Crippen molar-refractivity contribution in [1.82, 2.24) is 5.32 Å². The maximum absolute atomic E-state index is 12.5. The van der Waals surface area contributed by atoms with Gasteiger partial charge < -0.3 is 20.3 Å². The zero-order chi connectivity index (χ0) is 60.6. The molecule has 0 heterocycles. The van der Waals surface area contributed by atoms with E-state index in [-0.39, 0.29) is 18.5 Å². The van der Waals surface area contributed by atoms with E-state index in [1.165, 1.54) is 334 Å². The molecule has 0 fully saturated rings. The summed E-state index contributed by atoms with van der Waals surface area (Å²) in [4.78, 5) is 24.6. The number of aliphatic hydroxyl groups is 2. The van der Waals surface area contributed by atoms with Crippen LogP contribution in [0.5, 0.6) is 0 Å². The summed E-state index contributed by atoms with van der Waals surface area (Å²) < 4.78 is 5.51. The number of esters is 1. The number of nitrogens with one attached hydrogen (secondary N) is 1. The maximum Gasteiger partial charge on any atom is 0.305 e. The first kappa shape index (κ1) is 81.8. The molecule has 0 bridgehead atoms. The lowest BCUT2D eigenvalue weighted by molar-refractivity contribution is -0.143. The van der Waals surface area contributed by atoms with E-state index in [0.29, 0.717) is 19.4 Å². The van der Waals surface area contributed by atoms with Gasteiger partial charge in [-0.15, -0.1) is 0 Å². The molecule has 0 aliphatic heterocycles. The molecule has 6 heteroatoms. The van der Waals surface area contributed by atoms with Gasteiger partial charge in [0, 0.05) is 12.8 Å². The van der Waals surface area contributed by atoms with Crippen molar-refractivity contribution >= 4 is 11.9 Å². The standard InChI is InChI=1S/C78H147NO5/c1-3-5-7-9-11-13-15-17-19-21-35-40-44-48-52-56-60-64-68-72-78(83)84-73-69-65-61-57-53-49-45-41-37-34-32-30-28-26-24-23-25-27-29-31-33-36-39-43-47-51-55-59-63-67-71-77(82)79-75(74-80)76(81)70-66-62-58-54-50-46-42-38-22-20-18-16-14-12-10-8-6-4-2/h11,13,17,19,24,26,66,70,75-76,80-81H,3-10,12,14-16,18,20-23,25,27-65,67-69,71-74H2,1-2H3,(H,79,82)/b13-11-,19-17-,26-24-,70-66+. The molecule has 0 spiro atoms. The van der Waals surface area contributed by atoms with Gasteiger partial charge in [-0.05, 0) is 89.9 Å². The molecule has 0 aromatic carbocycles. The number of allylic oxidation sites excluding steroid dienone is 7. The molecule has 2 unspecified atom stereocenters. The van der Waals surface area contributed by atoms with Crippen LogP contribution in [-0.2, 0) is 14.3 Å². The molecule has 0 aromatic rings. The van der Waals surface area contributed by atoms with Gasteiger partial charge >= 0.3 is 5.97 Å². The van der Waals surface area contributed by atoms with Crippen molar-refractivity contribution in [3.8, 4) is 0 Å². The third kappa shape index (κ3) is 68.9. The summed E-state index contributed by atoms with van der Waals surface area (Å²) in [5.41, 5.74) is 0. The van der Waals surface area contributed by atoms with E-state index >= 15 is 0 Å². The molecule has 0 aliphatic rings. The Hall–Kier alpha value is -2.18. The van der Waals surface area contributed by atoms with Gasteiger partial charge in [0.2, 0.25) is 5.91 Å². The van der Waals surface area contributed by atoms with Gasteiger partial charge in [-0.25, -0.2) is 0 Å². The summed E-state index contributed by atoms with van der Waals surface area (Å²) in [6.07, 6.45) is 96.4. The minimum atomic E-state index is -0.845. The lowest BCUT2D eigenvalue weighted by atomic mass is 10.0. The Morgan fingerprint density at radius 2 is 0.595 bits per heavy atom. The molecule has 0 rings (SSSR count). The molecule has 0 aliphatic carbocycles. The lowest BCUT2D eigenvalue weighted by Crippen LogP contribution is -2.45. The second-order valence-corrected chi connectivity index (χ2v) is 26.0. The van der Waals surface area contributed by atoms with Crippen molar-refractivity contribution in [2.75, 3.05) is 13.2 Å². The second kappa shape index (κ2) is 73.3. The fourth-order valence-electron chi connectivity index (χ4n) is 11.8. The Labute approximate surface area is 525 Å². The number of rotatable bonds is 71. The van der Waals surface area contributed by atoms with Crippen LogP contribution in [0.15, 0.2) is 48.6 Å². The van der Waals surface area contributed by atoms with Crippen LogP contribution in [0.4, 0.5) is 0 Å². The molecule has 6 nitrogen and oxygen atoms in total. The minimum absolute atomic E-state index is 0.0134. The molecule has 0 saturated heterocycles. The minimum Gasteiger partial charge on any atom is -0.466 e. The quantitative estimate of drug-likeness (QED) is 0.0320. The number of carbonyl (C=O) groups excluding carboxylic acids is 2. The van der Waals surface area contributed by atoms with Crippen molar-refractivity contribution in [2.24, 2.45) is 0 Å². The third-order valence-electron chi connectivity index (χ3n) is 17.6. The van der Waals surface area contributed by atoms with Crippen LogP contribution in [0, 0.1) is 0 Å². The predicted octanol–water partition coefficient (Wildman–Crippen LogP) is 24.8. The van der Waals surface area contributed by atoms with Crippen molar-refractivity contribution < 1.29 is 24.5 Å². The van der Waals surface area contributed by atoms with E-state index < -0.39 is 12.1 Å². The normalized spacial score (nSPS) is 12.8. The Kier molecular flexibility index (Phi) is 71.4. The van der Waals surface area contributed by atoms with Gasteiger partial charge in [0.25, 0.3) is 0 Å². The van der Waals surface area contributed by atoms with E-state index in [1.54, 1.807) is 6.08 Å². The van der Waals surface area contributed by atoms with E-state index in [9.17, 15) is 19.8 Å². The second-order valence-electron chi connectivity index (χ2n) is 26.0. The van der Waals surface area contributed by atoms with Crippen molar-refractivity contribution in [1.29, 1.82) is 0 Å². The van der Waals surface area contributed by atoms with Crippen LogP contribution in [0.1, 0.15) is 412 Å². The van der Waals surface area contributed by atoms with Crippen LogP contribution in [0.3, 0.4) is 0 Å². The molecule has 0 radical (unpaired) electrons. The molecule has 0 saturated carbocycles. The molecular formula is C78H147NO5. The number of amides is 1. The third-order valence-corrected chi connectivity index (χ3v) is 17.6. The molecule has 1 amide bonds. The first-order valence-electron chi connectivity index (χ1n) is 37.9. The number of aliphatic hydroxyl groups excluding tert-OH is 2. The molecule has 0 aromatic heterocycles. The fraction of sp³-hybridized carbons (Fsp3) is 0.872. The maximum atomic E-state index is 12.5. The molecule has 2 atom stereocenters. The first-order chi connectivity index (χ1) is 41.5. The number of unbranched alkanes of at least 4 members (excludes halogenated alkanes) is 54. The summed E-state index contributed by atoms with van der Waals surface area (Å²) in [6, 6.07) is -0.628. The summed E-state index contributed by atoms with van der Waals surface area (Å²) in [7, 11) is 0. The number of ether oxygens (including phenoxy) is 1. The van der Waals surface area contributed by atoms with Crippen molar-refractivity contribution in [2.45, 2.75) is 424 Å². The van der Waals surface area contributed by atoms with Crippen LogP contribution in [0.25, 0.3) is 0 Å². The highest BCUT2D eigenvalue weighted by Gasteiger charge is 2.18. The Balaban J connectivity index is 3.38. The fourth-order valence-corrected chi connectivity index (χ4v) is 11.8. The first-order valence-corrected chi connectivity index (χ1v) is 37.9. The number of hydrogen-bond acceptors (Lipinski definition) is 5. The predicted molar refractivity (Wildman–Crippen MR) is 370 cm³/mol. The van der Waals surface area contributed by atoms with Gasteiger partial charge in [-0.1, -0.05) is 358 Å². The highest BCUT2D eigenvalue weighted by atomic mass is 16.5. The molecule has 84 heavy (non-hydrogen) atoms. The number of hydrogen-bond donors (Lipinski definition) is 3. The Morgan fingerprint density at radius 1 is 0.333 bits per heavy atom. The van der Waals surface area contributed by atoms with E-state index in [4.69, 9.17) is 4.74 Å². The Bertz CT molecular complexity index is 1400. The smallest absolute Gasteiger partial charge is 0.305 e. The SMILES string of the molecule is CCCCC/C=C\C/C=C\CCCCCCCCCCCC(=O)OCCCCCCCCCCCCCC/C=C\CCCCCCCCCCCCCCCCC(=O)NC(CO)C(O)/C=C/CCCCCCCCCCCCCCCCCC. The van der Waals surface area contributed by atoms with Crippen molar-refractivity contribution in [3.63, 3.8) is 0 Å². The highest BCUT2D eigenvalue weighted by molar-refractivity contribution is 5.76. The zero-order valence-corrected chi connectivity index (χ0v) is 56.6. The van der Waals surface area contributed by atoms with Crippen LogP contribution in [-0.4, -0.2) is 47.4 Å². The summed E-state index contributed by atoms with van der Waals surface area (Å²) in [5.74, 6) is -0.0500. The van der Waals surface area contributed by atoms with Crippen molar-refractivity contribution in [3.05, 3.63) is 48.6 Å². The van der Waals surface area contributed by atoms with Gasteiger partial charge in [-0.2, -0.15) is 0 Å². The monoisotopic (exact) mass is 1180 g/mol. The van der Waals surface area contributed by atoms with E-state index in [1.807, 2.05) is 6.08 Å². The zero-order valence-electron chi connectivity index (χ0n) is 56.6. The van der Waals surface area contributed by atoms with Crippen LogP contribution in [0.2, 0.25) is 0 Å². The number of carbonyl (C=O) groups is 2. The van der Waals surface area contributed by atoms with Gasteiger partial charge in [0.15, 0.2) is 0 Å². The average molecular weight is 1180 g/mol. The largest absolute Gasteiger partial charge is 0.466 e. The Morgan fingerprint density at radius 3 is 0.940 bits per heavy atom. The van der Waals surface area contributed by atoms with Gasteiger partial charge in [0.1, 0.15) is 0 Å². The lowest BCUT2D eigenvalue weighted by Gasteiger charge is -2.20. The average Bonchev–Trinajstić information content (AvgIpc) is 3.51. The summed E-state index contributed by atoms with van der Waals surface area (Å²) >= 11 is 0. The summed E-state index contributed by atoms with van der Waals surface area (Å²) in [6.45, 7) is 4.91.